The molecule has 1 saturated heterocycles. The van der Waals surface area contributed by atoms with Gasteiger partial charge in [0.05, 0.1) is 31.0 Å². The molecule has 0 unspecified atom stereocenters. The monoisotopic (exact) mass is 332 g/mol. The summed E-state index contributed by atoms with van der Waals surface area (Å²) >= 11 is 1.34. The van der Waals surface area contributed by atoms with Crippen molar-refractivity contribution in [1.82, 2.24) is 5.32 Å². The van der Waals surface area contributed by atoms with Crippen molar-refractivity contribution < 1.29 is 14.3 Å². The van der Waals surface area contributed by atoms with Gasteiger partial charge in [-0.1, -0.05) is 30.3 Å². The van der Waals surface area contributed by atoms with Crippen LogP contribution in [-0.2, 0) is 16.1 Å². The van der Waals surface area contributed by atoms with Crippen LogP contribution in [0.4, 0.5) is 5.69 Å². The van der Waals surface area contributed by atoms with E-state index in [4.69, 9.17) is 15.2 Å². The lowest BCUT2D eigenvalue weighted by Gasteiger charge is -2.32. The van der Waals surface area contributed by atoms with Crippen LogP contribution in [0.1, 0.15) is 21.7 Å². The lowest BCUT2D eigenvalue weighted by molar-refractivity contribution is -0.0605. The average Bonchev–Trinajstić information content (AvgIpc) is 3.01. The van der Waals surface area contributed by atoms with Gasteiger partial charge in [-0.25, -0.2) is 0 Å². The van der Waals surface area contributed by atoms with Gasteiger partial charge < -0.3 is 20.5 Å². The van der Waals surface area contributed by atoms with E-state index in [2.05, 4.69) is 5.32 Å². The van der Waals surface area contributed by atoms with Crippen molar-refractivity contribution in [3.8, 4) is 0 Å². The summed E-state index contributed by atoms with van der Waals surface area (Å²) in [5.74, 6) is -0.165. The summed E-state index contributed by atoms with van der Waals surface area (Å²) in [5, 5.41) is 4.80. The molecule has 1 aromatic carbocycles. The third kappa shape index (κ3) is 4.10. The summed E-state index contributed by atoms with van der Waals surface area (Å²) in [5.41, 5.74) is 7.43. The van der Waals surface area contributed by atoms with Crippen LogP contribution >= 0.6 is 11.3 Å². The molecule has 0 bridgehead atoms. The van der Waals surface area contributed by atoms with Gasteiger partial charge in [-0.2, -0.15) is 0 Å². The molecule has 5 nitrogen and oxygen atoms in total. The average molecular weight is 332 g/mol. The second-order valence-corrected chi connectivity index (χ2v) is 6.40. The zero-order valence-corrected chi connectivity index (χ0v) is 13.6. The molecule has 1 aliphatic rings. The topological polar surface area (TPSA) is 73.6 Å². The Balaban J connectivity index is 1.60. The number of nitrogen functional groups attached to an aromatic ring is 1. The SMILES string of the molecule is Nc1ccsc1C(=O)N[C@@H]1COCC[C@@H]1OCc1ccccc1. The first-order chi connectivity index (χ1) is 11.2. The zero-order valence-electron chi connectivity index (χ0n) is 12.7. The van der Waals surface area contributed by atoms with Crippen LogP contribution < -0.4 is 11.1 Å². The first kappa shape index (κ1) is 16.0. The summed E-state index contributed by atoms with van der Waals surface area (Å²) in [6, 6.07) is 11.6. The van der Waals surface area contributed by atoms with Crippen molar-refractivity contribution in [1.29, 1.82) is 0 Å². The molecule has 1 aromatic heterocycles. The van der Waals surface area contributed by atoms with Gasteiger partial charge in [0.1, 0.15) is 4.88 Å². The van der Waals surface area contributed by atoms with E-state index in [-0.39, 0.29) is 18.1 Å². The minimum Gasteiger partial charge on any atom is -0.397 e. The van der Waals surface area contributed by atoms with Gasteiger partial charge in [0.15, 0.2) is 0 Å². The molecule has 122 valence electrons. The Hall–Kier alpha value is -1.89. The Morgan fingerprint density at radius 2 is 2.17 bits per heavy atom. The summed E-state index contributed by atoms with van der Waals surface area (Å²) in [6.45, 7) is 1.63. The molecular weight excluding hydrogens is 312 g/mol. The highest BCUT2D eigenvalue weighted by atomic mass is 32.1. The van der Waals surface area contributed by atoms with E-state index in [1.54, 1.807) is 6.07 Å². The molecule has 1 amide bonds. The molecule has 2 aromatic rings. The van der Waals surface area contributed by atoms with E-state index in [9.17, 15) is 4.79 Å². The molecule has 1 aliphatic heterocycles. The van der Waals surface area contributed by atoms with Crippen LogP contribution in [0.15, 0.2) is 41.8 Å². The molecule has 0 aliphatic carbocycles. The molecule has 0 radical (unpaired) electrons. The molecule has 6 heteroatoms. The minimum absolute atomic E-state index is 0.0610. The summed E-state index contributed by atoms with van der Waals surface area (Å²) in [4.78, 5) is 12.9. The fourth-order valence-corrected chi connectivity index (χ4v) is 3.29. The maximum atomic E-state index is 12.3. The highest BCUT2D eigenvalue weighted by Crippen LogP contribution is 2.20. The van der Waals surface area contributed by atoms with Gasteiger partial charge in [0.2, 0.25) is 0 Å². The Labute approximate surface area is 139 Å². The van der Waals surface area contributed by atoms with Gasteiger partial charge in [-0.05, 0) is 23.4 Å². The quantitative estimate of drug-likeness (QED) is 0.882. The number of carbonyl (C=O) groups is 1. The van der Waals surface area contributed by atoms with Gasteiger partial charge in [0.25, 0.3) is 5.91 Å². The van der Waals surface area contributed by atoms with Gasteiger partial charge in [-0.3, -0.25) is 4.79 Å². The fraction of sp³-hybridized carbons (Fsp3) is 0.353. The maximum Gasteiger partial charge on any atom is 0.263 e. The molecule has 1 fully saturated rings. The molecule has 23 heavy (non-hydrogen) atoms. The third-order valence-electron chi connectivity index (χ3n) is 3.82. The summed E-state index contributed by atoms with van der Waals surface area (Å²) < 4.78 is 11.5. The lowest BCUT2D eigenvalue weighted by Crippen LogP contribution is -2.50. The van der Waals surface area contributed by atoms with Gasteiger partial charge in [0, 0.05) is 6.61 Å². The molecule has 2 heterocycles. The molecule has 0 saturated carbocycles. The Morgan fingerprint density at radius 1 is 1.35 bits per heavy atom. The fourth-order valence-electron chi connectivity index (χ4n) is 2.57. The van der Waals surface area contributed by atoms with E-state index in [1.807, 2.05) is 35.7 Å². The van der Waals surface area contributed by atoms with E-state index in [0.717, 1.165) is 12.0 Å². The molecular formula is C17H20N2O3S. The highest BCUT2D eigenvalue weighted by molar-refractivity contribution is 7.12. The number of rotatable bonds is 5. The molecule has 2 atom stereocenters. The largest absolute Gasteiger partial charge is 0.397 e. The zero-order chi connectivity index (χ0) is 16.1. The first-order valence-electron chi connectivity index (χ1n) is 7.61. The van der Waals surface area contributed by atoms with E-state index in [1.165, 1.54) is 11.3 Å². The smallest absolute Gasteiger partial charge is 0.263 e. The van der Waals surface area contributed by atoms with E-state index < -0.39 is 0 Å². The standard InChI is InChI=1S/C17H20N2O3S/c18-13-7-9-23-16(13)17(20)19-14-11-21-8-6-15(14)22-10-12-4-2-1-3-5-12/h1-5,7,9,14-15H,6,8,10-11,18H2,(H,19,20)/t14-,15+/m1/s1. The number of hydrogen-bond donors (Lipinski definition) is 2. The predicted molar refractivity (Wildman–Crippen MR) is 90.4 cm³/mol. The number of benzene rings is 1. The number of nitrogens with two attached hydrogens (primary N) is 1. The van der Waals surface area contributed by atoms with Crippen molar-refractivity contribution in [2.45, 2.75) is 25.2 Å². The Bertz CT molecular complexity index is 644. The van der Waals surface area contributed by atoms with Crippen molar-refractivity contribution in [3.05, 3.63) is 52.2 Å². The molecule has 0 spiro atoms. The Morgan fingerprint density at radius 3 is 2.91 bits per heavy atom. The highest BCUT2D eigenvalue weighted by Gasteiger charge is 2.29. The van der Waals surface area contributed by atoms with E-state index >= 15 is 0 Å². The number of anilines is 1. The van der Waals surface area contributed by atoms with E-state index in [0.29, 0.717) is 30.4 Å². The van der Waals surface area contributed by atoms with Crippen molar-refractivity contribution in [2.24, 2.45) is 0 Å². The minimum atomic E-state index is -0.165. The molecule has 3 N–H and O–H groups in total. The predicted octanol–water partition coefficient (Wildman–Crippen LogP) is 2.43. The van der Waals surface area contributed by atoms with Crippen molar-refractivity contribution in [3.63, 3.8) is 0 Å². The number of nitrogens with one attached hydrogen (secondary N) is 1. The van der Waals surface area contributed by atoms with Crippen LogP contribution in [0, 0.1) is 0 Å². The van der Waals surface area contributed by atoms with Crippen LogP contribution in [-0.4, -0.2) is 31.3 Å². The first-order valence-corrected chi connectivity index (χ1v) is 8.49. The van der Waals surface area contributed by atoms with Crippen LogP contribution in [0.25, 0.3) is 0 Å². The van der Waals surface area contributed by atoms with Crippen LogP contribution in [0.5, 0.6) is 0 Å². The van der Waals surface area contributed by atoms with Crippen LogP contribution in [0.2, 0.25) is 0 Å². The van der Waals surface area contributed by atoms with Crippen LogP contribution in [0.3, 0.4) is 0 Å². The second kappa shape index (κ2) is 7.59. The third-order valence-corrected chi connectivity index (χ3v) is 4.75. The number of amides is 1. The molecule has 3 rings (SSSR count). The summed E-state index contributed by atoms with van der Waals surface area (Å²) in [6.07, 6.45) is 0.701. The second-order valence-electron chi connectivity index (χ2n) is 5.48. The van der Waals surface area contributed by atoms with Crippen molar-refractivity contribution >= 4 is 22.9 Å². The lowest BCUT2D eigenvalue weighted by atomic mass is 10.1. The Kier molecular flexibility index (Phi) is 5.27. The van der Waals surface area contributed by atoms with Crippen molar-refractivity contribution in [2.75, 3.05) is 18.9 Å². The maximum absolute atomic E-state index is 12.3. The summed E-state index contributed by atoms with van der Waals surface area (Å²) in [7, 11) is 0. The normalized spacial score (nSPS) is 21.0. The number of hydrogen-bond acceptors (Lipinski definition) is 5. The number of ether oxygens (including phenoxy) is 2. The number of thiophene rings is 1. The van der Waals surface area contributed by atoms with Gasteiger partial charge >= 0.3 is 0 Å². The number of carbonyl (C=O) groups excluding carboxylic acids is 1. The van der Waals surface area contributed by atoms with Gasteiger partial charge in [-0.15, -0.1) is 11.3 Å².